The highest BCUT2D eigenvalue weighted by Gasteiger charge is 2.79. The normalized spacial score (nSPS) is 26.6. The van der Waals surface area contributed by atoms with Gasteiger partial charge >= 0.3 is 23.7 Å². The fraction of sp³-hybridized carbons (Fsp3) is 0.258. The van der Waals surface area contributed by atoms with Gasteiger partial charge in [0.2, 0.25) is 0 Å². The van der Waals surface area contributed by atoms with Gasteiger partial charge in [-0.15, -0.1) is 0 Å². The van der Waals surface area contributed by atoms with Crippen LogP contribution in [-0.4, -0.2) is 22.1 Å². The first-order valence-electron chi connectivity index (χ1n) is 12.9. The number of ether oxygens (including phenoxy) is 1. The Morgan fingerprint density at radius 1 is 0.711 bits per heavy atom. The number of hydrogen-bond acceptors (Lipinski definition) is 3. The lowest BCUT2D eigenvalue weighted by molar-refractivity contribution is -0.283. The molecule has 0 aromatic heterocycles. The highest BCUT2D eigenvalue weighted by atomic mass is 19.3. The fourth-order valence-electron chi connectivity index (χ4n) is 6.49. The first kappa shape index (κ1) is 30.7. The van der Waals surface area contributed by atoms with Crippen LogP contribution >= 0.6 is 0 Å². The van der Waals surface area contributed by atoms with E-state index in [0.717, 1.165) is 24.3 Å². The summed E-state index contributed by atoms with van der Waals surface area (Å²) in [5.74, 6) is -20.4. The van der Waals surface area contributed by atoms with Gasteiger partial charge in [-0.2, -0.15) is 35.1 Å². The van der Waals surface area contributed by atoms with Gasteiger partial charge in [0.1, 0.15) is 23.1 Å². The Bertz CT molecular complexity index is 1910. The van der Waals surface area contributed by atoms with E-state index in [1.807, 2.05) is 0 Å². The molecule has 0 aliphatic heterocycles. The van der Waals surface area contributed by atoms with Crippen LogP contribution in [0.5, 0.6) is 11.5 Å². The topological polar surface area (TPSA) is 54.0 Å². The predicted octanol–water partition coefficient (Wildman–Crippen LogP) is 8.68. The van der Waals surface area contributed by atoms with Crippen molar-refractivity contribution in [3.63, 3.8) is 0 Å². The summed E-state index contributed by atoms with van der Waals surface area (Å²) in [6, 6.07) is 6.24. The highest BCUT2D eigenvalue weighted by molar-refractivity contribution is 5.82. The zero-order valence-corrected chi connectivity index (χ0v) is 22.4. The zero-order valence-electron chi connectivity index (χ0n) is 22.4. The van der Waals surface area contributed by atoms with Gasteiger partial charge in [-0.1, -0.05) is 13.2 Å². The van der Waals surface area contributed by atoms with Crippen molar-refractivity contribution in [3.05, 3.63) is 112 Å². The van der Waals surface area contributed by atoms with Gasteiger partial charge in [-0.05, 0) is 47.5 Å². The van der Waals surface area contributed by atoms with Crippen LogP contribution in [0.3, 0.4) is 0 Å². The fourth-order valence-corrected chi connectivity index (χ4v) is 6.49. The summed E-state index contributed by atoms with van der Waals surface area (Å²) in [6.07, 6.45) is -1.58. The molecule has 0 saturated carbocycles. The smallest absolute Gasteiger partial charge is 0.346 e. The van der Waals surface area contributed by atoms with Crippen LogP contribution in [0.1, 0.15) is 46.2 Å². The van der Waals surface area contributed by atoms with Crippen molar-refractivity contribution in [2.24, 2.45) is 0 Å². The molecule has 0 saturated heterocycles. The number of hydrogen-bond donors (Lipinski definition) is 2. The maximum Gasteiger partial charge on any atom is 0.346 e. The minimum Gasteiger partial charge on any atom is -0.458 e. The van der Waals surface area contributed by atoms with E-state index in [9.17, 15) is 54.1 Å². The zero-order chi connectivity index (χ0) is 33.3. The molecule has 7 rings (SSSR count). The monoisotopic (exact) mass is 641 g/mol. The summed E-state index contributed by atoms with van der Waals surface area (Å²) in [6.45, 7) is 13.9. The van der Waals surface area contributed by atoms with E-state index in [-0.39, 0.29) is 33.9 Å². The molecular formula is C31H17F10NO3. The molecule has 3 aromatic rings. The van der Waals surface area contributed by atoms with Crippen molar-refractivity contribution in [2.75, 3.05) is 0 Å². The first-order chi connectivity index (χ1) is 20.7. The molecule has 14 heteroatoms. The highest BCUT2D eigenvalue weighted by Crippen LogP contribution is 2.69. The van der Waals surface area contributed by atoms with Crippen LogP contribution in [0.25, 0.3) is 16.0 Å². The first-order valence-corrected chi connectivity index (χ1v) is 12.9. The van der Waals surface area contributed by atoms with Crippen molar-refractivity contribution >= 4 is 16.8 Å². The van der Waals surface area contributed by atoms with Crippen molar-refractivity contribution < 1.29 is 58.9 Å². The number of aliphatic hydroxyl groups is 2. The van der Waals surface area contributed by atoms with Crippen molar-refractivity contribution in [1.82, 2.24) is 0 Å². The number of nitrogens with zero attached hydrogens (tertiary/aromatic N) is 1. The van der Waals surface area contributed by atoms with Gasteiger partial charge in [0.15, 0.2) is 16.9 Å². The van der Waals surface area contributed by atoms with E-state index in [1.165, 1.54) is 6.07 Å². The summed E-state index contributed by atoms with van der Waals surface area (Å²) in [7, 11) is 0. The number of rotatable bonds is 2. The Hall–Kier alpha value is -4.35. The van der Waals surface area contributed by atoms with Gasteiger partial charge in [0.05, 0.1) is 6.57 Å². The summed E-state index contributed by atoms with van der Waals surface area (Å²) in [4.78, 5) is 3.08. The van der Waals surface area contributed by atoms with Crippen LogP contribution in [0, 0.1) is 18.2 Å². The molecule has 45 heavy (non-hydrogen) atoms. The maximum absolute atomic E-state index is 14.3. The minimum atomic E-state index is -4.72. The van der Waals surface area contributed by atoms with Crippen LogP contribution in [0.15, 0.2) is 55.6 Å². The minimum absolute atomic E-state index is 0.00123. The van der Waals surface area contributed by atoms with Gasteiger partial charge in [-0.3, -0.25) is 0 Å². The lowest BCUT2D eigenvalue weighted by atomic mass is 9.94. The van der Waals surface area contributed by atoms with Gasteiger partial charge in [0, 0.05) is 52.3 Å². The van der Waals surface area contributed by atoms with Gasteiger partial charge in [-0.25, -0.2) is 13.6 Å². The van der Waals surface area contributed by atoms with Crippen LogP contribution in [0.4, 0.5) is 49.6 Å². The molecule has 2 atom stereocenters. The second-order valence-corrected chi connectivity index (χ2v) is 11.1. The quantitative estimate of drug-likeness (QED) is 0.218. The third-order valence-corrected chi connectivity index (χ3v) is 8.51. The summed E-state index contributed by atoms with van der Waals surface area (Å²) < 4.78 is 144. The number of halogens is 10. The molecule has 234 valence electrons. The number of benzene rings is 3. The van der Waals surface area contributed by atoms with Crippen molar-refractivity contribution in [1.29, 1.82) is 0 Å². The Morgan fingerprint density at radius 3 is 1.73 bits per heavy atom. The van der Waals surface area contributed by atoms with E-state index in [4.69, 9.17) is 11.3 Å². The maximum atomic E-state index is 14.3. The molecular weight excluding hydrogens is 624 g/mol. The summed E-state index contributed by atoms with van der Waals surface area (Å²) in [5.41, 5.74) is -10.2. The Labute approximate surface area is 247 Å². The third kappa shape index (κ3) is 3.56. The molecule has 0 spiro atoms. The molecule has 4 aliphatic carbocycles. The molecule has 2 N–H and O–H groups in total. The molecule has 0 bridgehead atoms. The number of alkyl halides is 8. The molecule has 2 unspecified atom stereocenters. The van der Waals surface area contributed by atoms with Crippen LogP contribution in [-0.2, 0) is 23.0 Å². The SMILES string of the molecule is C=C1CC2(O)c3c(ccc(F)c31)C(F)(F)C2(F)F.[C-]#[N+]c1cc(F)cc(Oc2ccc3c4c2C(=C)CC4(O)C(F)(F)C3(F)F)c1. The lowest BCUT2D eigenvalue weighted by Gasteiger charge is -2.30. The third-order valence-electron chi connectivity index (χ3n) is 8.51. The predicted molar refractivity (Wildman–Crippen MR) is 138 cm³/mol. The van der Waals surface area contributed by atoms with Gasteiger partial charge in [0.25, 0.3) is 0 Å². The molecule has 0 amide bonds. The summed E-state index contributed by atoms with van der Waals surface area (Å²) >= 11 is 0. The average molecular weight is 641 g/mol. The molecule has 4 nitrogen and oxygen atoms in total. The van der Waals surface area contributed by atoms with Crippen LogP contribution < -0.4 is 4.74 Å². The Morgan fingerprint density at radius 2 is 1.20 bits per heavy atom. The Balaban J connectivity index is 0.000000172. The van der Waals surface area contributed by atoms with Crippen molar-refractivity contribution in [3.8, 4) is 11.5 Å². The largest absolute Gasteiger partial charge is 0.458 e. The van der Waals surface area contributed by atoms with E-state index in [0.29, 0.717) is 12.1 Å². The standard InChI is InChI=1S/C19H10F5NO2.C12H7F5O/c1-9-8-17(26)16-13(18(21,22)19(17,23)24)3-4-14(15(9)16)27-12-6-10(20)5-11(7-12)25-2;1-5-4-10(18)9-6(2-3-7(13)8(5)9)11(14,15)12(10,16)17/h3-7,26H,1,8H2;2-3,18H,1,4H2. The Kier molecular flexibility index (Phi) is 6.05. The van der Waals surface area contributed by atoms with E-state index >= 15 is 0 Å². The average Bonchev–Trinajstić information content (AvgIpc) is 3.46. The van der Waals surface area contributed by atoms with E-state index in [1.54, 1.807) is 0 Å². The molecule has 0 heterocycles. The second-order valence-electron chi connectivity index (χ2n) is 11.1. The summed E-state index contributed by atoms with van der Waals surface area (Å²) in [5, 5.41) is 20.3. The van der Waals surface area contributed by atoms with Gasteiger partial charge < -0.3 is 14.9 Å². The lowest BCUT2D eigenvalue weighted by Crippen LogP contribution is -2.47. The van der Waals surface area contributed by atoms with Crippen LogP contribution in [0.2, 0.25) is 0 Å². The molecule has 3 aromatic carbocycles. The molecule has 0 radical (unpaired) electrons. The van der Waals surface area contributed by atoms with E-state index in [2.05, 4.69) is 18.0 Å². The second kappa shape index (κ2) is 8.88. The molecule has 4 aliphatic rings. The van der Waals surface area contributed by atoms with Crippen molar-refractivity contribution in [2.45, 2.75) is 47.7 Å². The van der Waals surface area contributed by atoms with E-state index < -0.39 is 87.2 Å². The molecule has 0 fully saturated rings.